The van der Waals surface area contributed by atoms with Gasteiger partial charge in [0, 0.05) is 10.6 Å². The summed E-state index contributed by atoms with van der Waals surface area (Å²) in [5, 5.41) is 7.22. The Morgan fingerprint density at radius 3 is 2.34 bits per heavy atom. The van der Waals surface area contributed by atoms with Crippen molar-refractivity contribution < 1.29 is 9.53 Å². The molecule has 0 radical (unpaired) electrons. The number of ether oxygens (including phenoxy) is 1. The lowest BCUT2D eigenvalue weighted by Crippen LogP contribution is -2.17. The van der Waals surface area contributed by atoms with E-state index in [0.29, 0.717) is 38.6 Å². The normalized spacial score (nSPS) is 11.1. The van der Waals surface area contributed by atoms with Crippen LogP contribution in [0.4, 0.5) is 0 Å². The van der Waals surface area contributed by atoms with Crippen molar-refractivity contribution in [3.8, 4) is 5.75 Å². The van der Waals surface area contributed by atoms with Crippen LogP contribution in [0, 0.1) is 0 Å². The molecular weight excluding hydrogens is 467 g/mol. The Morgan fingerprint density at radius 1 is 0.906 bits per heavy atom. The topological polar surface area (TPSA) is 50.7 Å². The molecule has 0 atom stereocenters. The summed E-state index contributed by atoms with van der Waals surface area (Å²) in [6.45, 7) is 0.297. The Kier molecular flexibility index (Phi) is 6.96. The van der Waals surface area contributed by atoms with Crippen molar-refractivity contribution in [3.63, 3.8) is 0 Å². The number of nitrogens with zero attached hydrogens (tertiary/aromatic N) is 1. The third-order valence-electron chi connectivity index (χ3n) is 4.73. The number of carbonyl (C=O) groups excluding carboxylic acids is 1. The number of amides is 1. The molecule has 4 nitrogen and oxygen atoms in total. The minimum absolute atomic E-state index is 0.297. The van der Waals surface area contributed by atoms with Crippen LogP contribution in [-0.2, 0) is 6.61 Å². The standard InChI is InChI=1S/C25H17Cl3N2O2/c26-19-10-8-16(9-11-19)15-32-24-22(27)12-17(13-23(24)28)14-29-30-25(31)21-7-3-5-18-4-1-2-6-20(18)21/h1-14H,15H2,(H,30,31)/b29-14-. The molecule has 1 N–H and O–H groups in total. The summed E-state index contributed by atoms with van der Waals surface area (Å²) in [6, 6.07) is 23.9. The largest absolute Gasteiger partial charge is 0.486 e. The summed E-state index contributed by atoms with van der Waals surface area (Å²) in [6.07, 6.45) is 1.48. The third kappa shape index (κ3) is 5.22. The molecule has 0 aliphatic rings. The summed E-state index contributed by atoms with van der Waals surface area (Å²) in [5.74, 6) is 0.0680. The van der Waals surface area contributed by atoms with Crippen LogP contribution in [-0.4, -0.2) is 12.1 Å². The molecule has 4 aromatic rings. The Morgan fingerprint density at radius 2 is 1.59 bits per heavy atom. The zero-order valence-electron chi connectivity index (χ0n) is 16.7. The number of rotatable bonds is 6. The minimum Gasteiger partial charge on any atom is -0.486 e. The second-order valence-electron chi connectivity index (χ2n) is 6.95. The Hall–Kier alpha value is -3.05. The van der Waals surface area contributed by atoms with E-state index in [1.165, 1.54) is 6.21 Å². The van der Waals surface area contributed by atoms with Gasteiger partial charge < -0.3 is 4.74 Å². The van der Waals surface area contributed by atoms with Crippen LogP contribution in [0.3, 0.4) is 0 Å². The molecule has 0 spiro atoms. The maximum atomic E-state index is 12.6. The van der Waals surface area contributed by atoms with E-state index >= 15 is 0 Å². The van der Waals surface area contributed by atoms with Gasteiger partial charge in [0.25, 0.3) is 5.91 Å². The predicted molar refractivity (Wildman–Crippen MR) is 131 cm³/mol. The second-order valence-corrected chi connectivity index (χ2v) is 8.21. The first-order chi connectivity index (χ1) is 15.5. The molecular formula is C25H17Cl3N2O2. The molecule has 160 valence electrons. The molecule has 4 aromatic carbocycles. The lowest BCUT2D eigenvalue weighted by Gasteiger charge is -2.11. The predicted octanol–water partition coefficient (Wildman–Crippen LogP) is 7.14. The third-order valence-corrected chi connectivity index (χ3v) is 5.54. The van der Waals surface area contributed by atoms with Gasteiger partial charge in [0.15, 0.2) is 5.75 Å². The van der Waals surface area contributed by atoms with E-state index in [-0.39, 0.29) is 5.91 Å². The quantitative estimate of drug-likeness (QED) is 0.234. The summed E-state index contributed by atoms with van der Waals surface area (Å²) in [5.41, 5.74) is 4.65. The highest BCUT2D eigenvalue weighted by atomic mass is 35.5. The van der Waals surface area contributed by atoms with E-state index in [9.17, 15) is 4.79 Å². The summed E-state index contributed by atoms with van der Waals surface area (Å²) in [7, 11) is 0. The number of hydrazone groups is 1. The van der Waals surface area contributed by atoms with Crippen LogP contribution >= 0.6 is 34.8 Å². The minimum atomic E-state index is -0.307. The first kappa shape index (κ1) is 22.2. The molecule has 0 aromatic heterocycles. The summed E-state index contributed by atoms with van der Waals surface area (Å²) >= 11 is 18.6. The van der Waals surface area contributed by atoms with Crippen LogP contribution in [0.2, 0.25) is 15.1 Å². The fourth-order valence-electron chi connectivity index (χ4n) is 3.18. The molecule has 0 heterocycles. The van der Waals surface area contributed by atoms with E-state index < -0.39 is 0 Å². The van der Waals surface area contributed by atoms with Gasteiger partial charge in [-0.05, 0) is 52.2 Å². The van der Waals surface area contributed by atoms with E-state index in [1.54, 1.807) is 30.3 Å². The molecule has 32 heavy (non-hydrogen) atoms. The number of benzene rings is 4. The van der Waals surface area contributed by atoms with Gasteiger partial charge in [-0.25, -0.2) is 5.43 Å². The van der Waals surface area contributed by atoms with Crippen LogP contribution in [0.25, 0.3) is 10.8 Å². The SMILES string of the molecule is O=C(N/N=C\c1cc(Cl)c(OCc2ccc(Cl)cc2)c(Cl)c1)c1cccc2ccccc12. The van der Waals surface area contributed by atoms with E-state index in [4.69, 9.17) is 39.5 Å². The molecule has 0 saturated heterocycles. The number of carbonyl (C=O) groups is 1. The van der Waals surface area contributed by atoms with Gasteiger partial charge in [0.1, 0.15) is 6.61 Å². The smallest absolute Gasteiger partial charge is 0.271 e. The number of hydrogen-bond acceptors (Lipinski definition) is 3. The average molecular weight is 484 g/mol. The zero-order valence-corrected chi connectivity index (χ0v) is 19.0. The van der Waals surface area contributed by atoms with Gasteiger partial charge in [0.2, 0.25) is 0 Å². The fourth-order valence-corrected chi connectivity index (χ4v) is 3.92. The fraction of sp³-hybridized carbons (Fsp3) is 0.0400. The summed E-state index contributed by atoms with van der Waals surface area (Å²) in [4.78, 5) is 12.6. The van der Waals surface area contributed by atoms with Crippen molar-refractivity contribution in [2.24, 2.45) is 5.10 Å². The molecule has 0 aliphatic carbocycles. The van der Waals surface area contributed by atoms with Crippen molar-refractivity contribution in [2.45, 2.75) is 6.61 Å². The van der Waals surface area contributed by atoms with Gasteiger partial charge >= 0.3 is 0 Å². The maximum Gasteiger partial charge on any atom is 0.271 e. The number of halogens is 3. The average Bonchev–Trinajstić information content (AvgIpc) is 2.79. The maximum absolute atomic E-state index is 12.6. The van der Waals surface area contributed by atoms with Gasteiger partial charge in [0.05, 0.1) is 16.3 Å². The molecule has 0 saturated carbocycles. The monoisotopic (exact) mass is 482 g/mol. The van der Waals surface area contributed by atoms with Crippen LogP contribution in [0.15, 0.2) is 84.0 Å². The van der Waals surface area contributed by atoms with Gasteiger partial charge in [-0.1, -0.05) is 83.3 Å². The molecule has 4 rings (SSSR count). The van der Waals surface area contributed by atoms with Crippen LogP contribution < -0.4 is 10.2 Å². The highest BCUT2D eigenvalue weighted by Crippen LogP contribution is 2.34. The summed E-state index contributed by atoms with van der Waals surface area (Å²) < 4.78 is 5.77. The highest BCUT2D eigenvalue weighted by molar-refractivity contribution is 6.37. The van der Waals surface area contributed by atoms with E-state index in [2.05, 4.69) is 10.5 Å². The Balaban J connectivity index is 1.44. The molecule has 1 amide bonds. The lowest BCUT2D eigenvalue weighted by atomic mass is 10.0. The Bertz CT molecular complexity index is 1280. The number of fused-ring (bicyclic) bond motifs is 1. The van der Waals surface area contributed by atoms with Crippen molar-refractivity contribution in [1.29, 1.82) is 0 Å². The van der Waals surface area contributed by atoms with Crippen molar-refractivity contribution in [3.05, 3.63) is 111 Å². The van der Waals surface area contributed by atoms with E-state index in [0.717, 1.165) is 16.3 Å². The first-order valence-electron chi connectivity index (χ1n) is 9.69. The zero-order chi connectivity index (χ0) is 22.5. The second kappa shape index (κ2) is 10.0. The lowest BCUT2D eigenvalue weighted by molar-refractivity contribution is 0.0957. The van der Waals surface area contributed by atoms with Crippen LogP contribution in [0.5, 0.6) is 5.75 Å². The molecule has 0 fully saturated rings. The number of hydrogen-bond donors (Lipinski definition) is 1. The molecule has 7 heteroatoms. The molecule has 0 unspecified atom stereocenters. The molecule has 0 aliphatic heterocycles. The highest BCUT2D eigenvalue weighted by Gasteiger charge is 2.11. The van der Waals surface area contributed by atoms with Crippen molar-refractivity contribution in [2.75, 3.05) is 0 Å². The van der Waals surface area contributed by atoms with Crippen molar-refractivity contribution >= 4 is 57.7 Å². The van der Waals surface area contributed by atoms with Gasteiger partial charge in [-0.15, -0.1) is 0 Å². The molecule has 0 bridgehead atoms. The van der Waals surface area contributed by atoms with Gasteiger partial charge in [-0.3, -0.25) is 4.79 Å². The van der Waals surface area contributed by atoms with E-state index in [1.807, 2.05) is 48.5 Å². The van der Waals surface area contributed by atoms with Crippen molar-refractivity contribution in [1.82, 2.24) is 5.43 Å². The van der Waals surface area contributed by atoms with Gasteiger partial charge in [-0.2, -0.15) is 5.10 Å². The first-order valence-corrected chi connectivity index (χ1v) is 10.8. The Labute approximate surface area is 200 Å². The number of nitrogens with one attached hydrogen (secondary N) is 1. The van der Waals surface area contributed by atoms with Crippen LogP contribution in [0.1, 0.15) is 21.5 Å².